The number of nitrogens with one attached hydrogen (secondary N) is 1. The van der Waals surface area contributed by atoms with Gasteiger partial charge in [0.05, 0.1) is 10.4 Å². The van der Waals surface area contributed by atoms with E-state index in [-0.39, 0.29) is 5.69 Å². The monoisotopic (exact) mass is 343 g/mol. The van der Waals surface area contributed by atoms with Crippen molar-refractivity contribution in [3.8, 4) is 0 Å². The average Bonchev–Trinajstić information content (AvgIpc) is 2.49. The number of pyridine rings is 1. The van der Waals surface area contributed by atoms with Crippen LogP contribution < -0.4 is 5.32 Å². The number of benzene rings is 2. The fourth-order valence-electron chi connectivity index (χ4n) is 2.05. The highest BCUT2D eigenvalue weighted by molar-refractivity contribution is 9.10. The molecule has 3 aromatic rings. The van der Waals surface area contributed by atoms with Crippen LogP contribution >= 0.6 is 15.9 Å². The second-order valence-electron chi connectivity index (χ2n) is 4.45. The number of anilines is 2. The molecule has 5 nitrogen and oxygen atoms in total. The number of aromatic nitrogens is 1. The fourth-order valence-corrected chi connectivity index (χ4v) is 2.31. The number of fused-ring (bicyclic) bond motifs is 1. The summed E-state index contributed by atoms with van der Waals surface area (Å²) in [5.41, 5.74) is 2.44. The van der Waals surface area contributed by atoms with Gasteiger partial charge < -0.3 is 5.32 Å². The van der Waals surface area contributed by atoms with Gasteiger partial charge in [-0.3, -0.25) is 15.1 Å². The van der Waals surface area contributed by atoms with E-state index in [0.717, 1.165) is 21.2 Å². The summed E-state index contributed by atoms with van der Waals surface area (Å²) < 4.78 is 0.989. The van der Waals surface area contributed by atoms with Crippen molar-refractivity contribution in [1.29, 1.82) is 0 Å². The molecule has 0 aliphatic carbocycles. The highest BCUT2D eigenvalue weighted by atomic mass is 79.9. The Morgan fingerprint density at radius 3 is 2.57 bits per heavy atom. The summed E-state index contributed by atoms with van der Waals surface area (Å²) in [5.74, 6) is 0. The first kappa shape index (κ1) is 13.5. The Labute approximate surface area is 128 Å². The zero-order valence-corrected chi connectivity index (χ0v) is 12.4. The third kappa shape index (κ3) is 2.85. The molecule has 0 atom stereocenters. The van der Waals surface area contributed by atoms with Crippen LogP contribution in [0.4, 0.5) is 17.1 Å². The van der Waals surface area contributed by atoms with Gasteiger partial charge in [-0.1, -0.05) is 15.9 Å². The van der Waals surface area contributed by atoms with Gasteiger partial charge in [0.2, 0.25) is 0 Å². The number of halogens is 1. The van der Waals surface area contributed by atoms with Gasteiger partial charge >= 0.3 is 0 Å². The van der Waals surface area contributed by atoms with Gasteiger partial charge in [-0.2, -0.15) is 0 Å². The van der Waals surface area contributed by atoms with E-state index < -0.39 is 4.92 Å². The van der Waals surface area contributed by atoms with Crippen LogP contribution in [0.2, 0.25) is 0 Å². The van der Waals surface area contributed by atoms with Crippen LogP contribution in [-0.4, -0.2) is 9.91 Å². The molecule has 0 amide bonds. The standard InChI is InChI=1S/C15H10BrN3O2/c16-10-1-3-11(4-2-10)18-15-7-8-17-14-6-5-12(19(20)21)9-13(14)15/h1-9H,(H,17,18). The summed E-state index contributed by atoms with van der Waals surface area (Å²) in [5, 5.41) is 14.9. The first-order valence-electron chi connectivity index (χ1n) is 6.19. The van der Waals surface area contributed by atoms with E-state index in [9.17, 15) is 10.1 Å². The maximum atomic E-state index is 10.9. The number of hydrogen-bond acceptors (Lipinski definition) is 4. The van der Waals surface area contributed by atoms with E-state index in [2.05, 4.69) is 26.2 Å². The Hall–Kier alpha value is -2.47. The van der Waals surface area contributed by atoms with Gasteiger partial charge in [0.15, 0.2) is 0 Å². The van der Waals surface area contributed by atoms with Gasteiger partial charge in [0, 0.05) is 39.6 Å². The molecule has 1 aromatic heterocycles. The van der Waals surface area contributed by atoms with Crippen LogP contribution in [-0.2, 0) is 0 Å². The van der Waals surface area contributed by atoms with Gasteiger partial charge in [-0.05, 0) is 36.4 Å². The summed E-state index contributed by atoms with van der Waals surface area (Å²) >= 11 is 3.38. The van der Waals surface area contributed by atoms with E-state index in [1.165, 1.54) is 12.1 Å². The predicted molar refractivity (Wildman–Crippen MR) is 85.8 cm³/mol. The molecule has 0 fully saturated rings. The van der Waals surface area contributed by atoms with Crippen LogP contribution in [0.1, 0.15) is 0 Å². The molecular weight excluding hydrogens is 334 g/mol. The lowest BCUT2D eigenvalue weighted by molar-refractivity contribution is -0.384. The van der Waals surface area contributed by atoms with Crippen molar-refractivity contribution < 1.29 is 4.92 Å². The van der Waals surface area contributed by atoms with E-state index in [1.807, 2.05) is 24.3 Å². The number of nitro benzene ring substituents is 1. The number of rotatable bonds is 3. The zero-order chi connectivity index (χ0) is 14.8. The summed E-state index contributed by atoms with van der Waals surface area (Å²) in [6, 6.07) is 14.1. The molecule has 0 saturated heterocycles. The first-order chi connectivity index (χ1) is 10.1. The normalized spacial score (nSPS) is 10.5. The Morgan fingerprint density at radius 1 is 1.10 bits per heavy atom. The molecule has 1 N–H and O–H groups in total. The van der Waals surface area contributed by atoms with Crippen molar-refractivity contribution in [3.63, 3.8) is 0 Å². The molecule has 2 aromatic carbocycles. The molecule has 104 valence electrons. The maximum absolute atomic E-state index is 10.9. The zero-order valence-electron chi connectivity index (χ0n) is 10.8. The van der Waals surface area contributed by atoms with Crippen LogP contribution in [0.3, 0.4) is 0 Å². The lowest BCUT2D eigenvalue weighted by atomic mass is 10.1. The number of hydrogen-bond donors (Lipinski definition) is 1. The molecule has 6 heteroatoms. The molecule has 1 heterocycles. The van der Waals surface area contributed by atoms with E-state index in [1.54, 1.807) is 18.3 Å². The molecular formula is C15H10BrN3O2. The quantitative estimate of drug-likeness (QED) is 0.555. The smallest absolute Gasteiger partial charge is 0.270 e. The summed E-state index contributed by atoms with van der Waals surface area (Å²) in [6.45, 7) is 0. The lowest BCUT2D eigenvalue weighted by Gasteiger charge is -2.09. The molecule has 0 radical (unpaired) electrons. The molecule has 3 rings (SSSR count). The minimum absolute atomic E-state index is 0.0503. The second kappa shape index (κ2) is 5.49. The summed E-state index contributed by atoms with van der Waals surface area (Å²) in [6.07, 6.45) is 1.68. The fraction of sp³-hybridized carbons (Fsp3) is 0. The van der Waals surface area contributed by atoms with Crippen molar-refractivity contribution >= 4 is 43.9 Å². The maximum Gasteiger partial charge on any atom is 0.270 e. The molecule has 0 aliphatic rings. The number of non-ortho nitro benzene ring substituents is 1. The highest BCUT2D eigenvalue weighted by Gasteiger charge is 2.09. The molecule has 0 aliphatic heterocycles. The van der Waals surface area contributed by atoms with Crippen molar-refractivity contribution in [3.05, 3.63) is 69.3 Å². The van der Waals surface area contributed by atoms with Crippen molar-refractivity contribution in [1.82, 2.24) is 4.98 Å². The third-order valence-corrected chi connectivity index (χ3v) is 3.59. The highest BCUT2D eigenvalue weighted by Crippen LogP contribution is 2.28. The largest absolute Gasteiger partial charge is 0.355 e. The lowest BCUT2D eigenvalue weighted by Crippen LogP contribution is -1.94. The third-order valence-electron chi connectivity index (χ3n) is 3.06. The van der Waals surface area contributed by atoms with Gasteiger partial charge in [0.25, 0.3) is 5.69 Å². The van der Waals surface area contributed by atoms with Crippen LogP contribution in [0, 0.1) is 10.1 Å². The van der Waals surface area contributed by atoms with Crippen LogP contribution in [0.15, 0.2) is 59.2 Å². The van der Waals surface area contributed by atoms with Crippen LogP contribution in [0.25, 0.3) is 10.9 Å². The number of nitro groups is 1. The minimum Gasteiger partial charge on any atom is -0.355 e. The predicted octanol–water partition coefficient (Wildman–Crippen LogP) is 4.65. The SMILES string of the molecule is O=[N+]([O-])c1ccc2nccc(Nc3ccc(Br)cc3)c2c1. The van der Waals surface area contributed by atoms with E-state index in [4.69, 9.17) is 0 Å². The molecule has 21 heavy (non-hydrogen) atoms. The van der Waals surface area contributed by atoms with Gasteiger partial charge in [0.1, 0.15) is 0 Å². The first-order valence-corrected chi connectivity index (χ1v) is 6.98. The Kier molecular flexibility index (Phi) is 3.53. The van der Waals surface area contributed by atoms with Crippen molar-refractivity contribution in [2.45, 2.75) is 0 Å². The number of nitrogens with zero attached hydrogens (tertiary/aromatic N) is 2. The van der Waals surface area contributed by atoms with Gasteiger partial charge in [-0.25, -0.2) is 0 Å². The van der Waals surface area contributed by atoms with Crippen molar-refractivity contribution in [2.75, 3.05) is 5.32 Å². The Balaban J connectivity index is 2.06. The van der Waals surface area contributed by atoms with Crippen molar-refractivity contribution in [2.24, 2.45) is 0 Å². The minimum atomic E-state index is -0.407. The molecule has 0 unspecified atom stereocenters. The van der Waals surface area contributed by atoms with E-state index >= 15 is 0 Å². The summed E-state index contributed by atoms with van der Waals surface area (Å²) in [4.78, 5) is 14.7. The Bertz CT molecular complexity index is 819. The topological polar surface area (TPSA) is 68.1 Å². The van der Waals surface area contributed by atoms with E-state index in [0.29, 0.717) is 5.52 Å². The Morgan fingerprint density at radius 2 is 1.86 bits per heavy atom. The molecule has 0 spiro atoms. The molecule has 0 saturated carbocycles. The van der Waals surface area contributed by atoms with Crippen LogP contribution in [0.5, 0.6) is 0 Å². The van der Waals surface area contributed by atoms with Gasteiger partial charge in [-0.15, -0.1) is 0 Å². The summed E-state index contributed by atoms with van der Waals surface area (Å²) in [7, 11) is 0. The molecule has 0 bridgehead atoms. The average molecular weight is 344 g/mol. The second-order valence-corrected chi connectivity index (χ2v) is 5.36.